The molecule has 23 heavy (non-hydrogen) atoms. The number of hydrogen-bond donors (Lipinski definition) is 2. The van der Waals surface area contributed by atoms with Crippen molar-refractivity contribution < 1.29 is 14.3 Å². The summed E-state index contributed by atoms with van der Waals surface area (Å²) in [5.41, 5.74) is 4.88. The van der Waals surface area contributed by atoms with Gasteiger partial charge in [-0.05, 0) is 35.7 Å². The predicted octanol–water partition coefficient (Wildman–Crippen LogP) is 2.56. The summed E-state index contributed by atoms with van der Waals surface area (Å²) in [6.45, 7) is -0.136. The molecule has 0 bridgehead atoms. The van der Waals surface area contributed by atoms with Crippen LogP contribution in [0.2, 0.25) is 0 Å². The molecular weight excluding hydrogens is 292 g/mol. The maximum absolute atomic E-state index is 11.8. The fourth-order valence-electron chi connectivity index (χ4n) is 2.86. The van der Waals surface area contributed by atoms with Crippen molar-refractivity contribution in [2.24, 2.45) is 5.92 Å². The van der Waals surface area contributed by atoms with Crippen LogP contribution in [0.15, 0.2) is 42.5 Å². The minimum Gasteiger partial charge on any atom is -0.484 e. The topological polar surface area (TPSA) is 67.4 Å². The first-order valence-electron chi connectivity index (χ1n) is 7.93. The van der Waals surface area contributed by atoms with Crippen LogP contribution in [0.4, 0.5) is 0 Å². The molecule has 1 aliphatic carbocycles. The standard InChI is InChI=1S/C18H20N2O3/c21-17(19-20-18(22)14-6-2-3-7-14)12-23-16-10-9-13-5-1-4-8-15(13)11-16/h1,4-5,8-11,14H,2-3,6-7,12H2,(H,19,21)(H,20,22). The van der Waals surface area contributed by atoms with E-state index in [1.165, 1.54) is 0 Å². The first-order valence-corrected chi connectivity index (χ1v) is 7.93. The predicted molar refractivity (Wildman–Crippen MR) is 87.7 cm³/mol. The van der Waals surface area contributed by atoms with E-state index < -0.39 is 0 Å². The lowest BCUT2D eigenvalue weighted by Crippen LogP contribution is -2.45. The maximum atomic E-state index is 11.8. The van der Waals surface area contributed by atoms with E-state index in [1.807, 2.05) is 42.5 Å². The van der Waals surface area contributed by atoms with Gasteiger partial charge in [0.05, 0.1) is 0 Å². The van der Waals surface area contributed by atoms with E-state index in [1.54, 1.807) is 0 Å². The smallest absolute Gasteiger partial charge is 0.276 e. The van der Waals surface area contributed by atoms with Crippen LogP contribution in [0.25, 0.3) is 10.8 Å². The lowest BCUT2D eigenvalue weighted by Gasteiger charge is -2.12. The van der Waals surface area contributed by atoms with Gasteiger partial charge in [-0.1, -0.05) is 43.2 Å². The zero-order chi connectivity index (χ0) is 16.1. The van der Waals surface area contributed by atoms with Gasteiger partial charge in [-0.2, -0.15) is 0 Å². The number of hydrazine groups is 1. The molecule has 0 aromatic heterocycles. The van der Waals surface area contributed by atoms with Crippen LogP contribution in [0.3, 0.4) is 0 Å². The lowest BCUT2D eigenvalue weighted by molar-refractivity contribution is -0.132. The van der Waals surface area contributed by atoms with Crippen LogP contribution in [0, 0.1) is 5.92 Å². The second kappa shape index (κ2) is 7.13. The molecule has 0 spiro atoms. The van der Waals surface area contributed by atoms with Crippen molar-refractivity contribution >= 4 is 22.6 Å². The number of fused-ring (bicyclic) bond motifs is 1. The molecule has 0 aliphatic heterocycles. The van der Waals surface area contributed by atoms with E-state index in [-0.39, 0.29) is 24.3 Å². The third-order valence-electron chi connectivity index (χ3n) is 4.14. The van der Waals surface area contributed by atoms with Crippen molar-refractivity contribution in [1.82, 2.24) is 10.9 Å². The molecule has 0 atom stereocenters. The summed E-state index contributed by atoms with van der Waals surface area (Å²) >= 11 is 0. The molecule has 120 valence electrons. The van der Waals surface area contributed by atoms with Crippen LogP contribution < -0.4 is 15.6 Å². The quantitative estimate of drug-likeness (QED) is 0.853. The van der Waals surface area contributed by atoms with E-state index in [0.717, 1.165) is 36.5 Å². The van der Waals surface area contributed by atoms with Gasteiger partial charge in [0, 0.05) is 5.92 Å². The van der Waals surface area contributed by atoms with Crippen molar-refractivity contribution in [3.8, 4) is 5.75 Å². The number of nitrogens with one attached hydrogen (secondary N) is 2. The summed E-state index contributed by atoms with van der Waals surface area (Å²) in [6.07, 6.45) is 3.96. The molecule has 0 unspecified atom stereocenters. The minimum atomic E-state index is -0.371. The molecule has 0 radical (unpaired) electrons. The average molecular weight is 312 g/mol. The van der Waals surface area contributed by atoms with Gasteiger partial charge in [-0.15, -0.1) is 0 Å². The monoisotopic (exact) mass is 312 g/mol. The Morgan fingerprint density at radius 1 is 1.00 bits per heavy atom. The number of carbonyl (C=O) groups is 2. The molecule has 2 aromatic rings. The van der Waals surface area contributed by atoms with E-state index in [9.17, 15) is 9.59 Å². The first kappa shape index (κ1) is 15.3. The fourth-order valence-corrected chi connectivity index (χ4v) is 2.86. The highest BCUT2D eigenvalue weighted by Gasteiger charge is 2.22. The van der Waals surface area contributed by atoms with Gasteiger partial charge in [0.2, 0.25) is 5.91 Å². The molecule has 1 aliphatic rings. The third-order valence-corrected chi connectivity index (χ3v) is 4.14. The van der Waals surface area contributed by atoms with Crippen molar-refractivity contribution in [2.45, 2.75) is 25.7 Å². The van der Waals surface area contributed by atoms with Crippen LogP contribution in [0.5, 0.6) is 5.75 Å². The highest BCUT2D eigenvalue weighted by Crippen LogP contribution is 2.24. The van der Waals surface area contributed by atoms with Crippen LogP contribution in [-0.4, -0.2) is 18.4 Å². The minimum absolute atomic E-state index is 0.0247. The third kappa shape index (κ3) is 4.00. The van der Waals surface area contributed by atoms with E-state index in [0.29, 0.717) is 5.75 Å². The molecule has 5 nitrogen and oxygen atoms in total. The molecule has 5 heteroatoms. The van der Waals surface area contributed by atoms with Crippen molar-refractivity contribution in [3.05, 3.63) is 42.5 Å². The van der Waals surface area contributed by atoms with Gasteiger partial charge >= 0.3 is 0 Å². The van der Waals surface area contributed by atoms with Gasteiger partial charge < -0.3 is 4.74 Å². The Balaban J connectivity index is 1.47. The molecule has 0 heterocycles. The number of ether oxygens (including phenoxy) is 1. The lowest BCUT2D eigenvalue weighted by atomic mass is 10.1. The number of benzene rings is 2. The van der Waals surface area contributed by atoms with Gasteiger partial charge in [0.1, 0.15) is 5.75 Å². The Morgan fingerprint density at radius 2 is 1.74 bits per heavy atom. The van der Waals surface area contributed by atoms with Crippen molar-refractivity contribution in [1.29, 1.82) is 0 Å². The summed E-state index contributed by atoms with van der Waals surface area (Å²) in [6, 6.07) is 13.6. The average Bonchev–Trinajstić information content (AvgIpc) is 3.12. The molecule has 2 amide bonds. The van der Waals surface area contributed by atoms with E-state index >= 15 is 0 Å². The zero-order valence-electron chi connectivity index (χ0n) is 12.9. The summed E-state index contributed by atoms with van der Waals surface area (Å²) in [5, 5.41) is 2.17. The van der Waals surface area contributed by atoms with Gasteiger partial charge in [0.15, 0.2) is 6.61 Å². The zero-order valence-corrected chi connectivity index (χ0v) is 12.9. The molecule has 1 fully saturated rings. The molecule has 1 saturated carbocycles. The highest BCUT2D eigenvalue weighted by molar-refractivity contribution is 5.85. The Hall–Kier alpha value is -2.56. The second-order valence-corrected chi connectivity index (χ2v) is 5.82. The normalized spacial score (nSPS) is 14.6. The molecule has 2 N–H and O–H groups in total. The van der Waals surface area contributed by atoms with E-state index in [4.69, 9.17) is 4.74 Å². The largest absolute Gasteiger partial charge is 0.484 e. The molecule has 2 aromatic carbocycles. The van der Waals surface area contributed by atoms with Crippen molar-refractivity contribution in [2.75, 3.05) is 6.61 Å². The second-order valence-electron chi connectivity index (χ2n) is 5.82. The van der Waals surface area contributed by atoms with Gasteiger partial charge in [-0.3, -0.25) is 20.4 Å². The highest BCUT2D eigenvalue weighted by atomic mass is 16.5. The Bertz CT molecular complexity index is 708. The van der Waals surface area contributed by atoms with Gasteiger partial charge in [-0.25, -0.2) is 0 Å². The SMILES string of the molecule is O=C(COc1ccc2ccccc2c1)NNC(=O)C1CCCC1. The number of carbonyl (C=O) groups excluding carboxylic acids is 2. The van der Waals surface area contributed by atoms with Crippen LogP contribution in [0.1, 0.15) is 25.7 Å². The Morgan fingerprint density at radius 3 is 2.52 bits per heavy atom. The molecule has 0 saturated heterocycles. The molecular formula is C18H20N2O3. The van der Waals surface area contributed by atoms with Crippen LogP contribution in [-0.2, 0) is 9.59 Å². The maximum Gasteiger partial charge on any atom is 0.276 e. The Labute approximate surface area is 135 Å². The van der Waals surface area contributed by atoms with Crippen molar-refractivity contribution in [3.63, 3.8) is 0 Å². The summed E-state index contributed by atoms with van der Waals surface area (Å²) < 4.78 is 5.47. The molecule has 3 rings (SSSR count). The first-order chi connectivity index (χ1) is 11.2. The summed E-state index contributed by atoms with van der Waals surface area (Å²) in [5.74, 6) is 0.170. The van der Waals surface area contributed by atoms with Gasteiger partial charge in [0.25, 0.3) is 5.91 Å². The number of hydrogen-bond acceptors (Lipinski definition) is 3. The van der Waals surface area contributed by atoms with E-state index in [2.05, 4.69) is 10.9 Å². The number of rotatable bonds is 4. The summed E-state index contributed by atoms with van der Waals surface area (Å²) in [4.78, 5) is 23.6. The van der Waals surface area contributed by atoms with Crippen LogP contribution >= 0.6 is 0 Å². The Kier molecular flexibility index (Phi) is 4.76. The summed E-state index contributed by atoms with van der Waals surface area (Å²) in [7, 11) is 0. The fraction of sp³-hybridized carbons (Fsp3) is 0.333. The number of amides is 2.